The smallest absolute Gasteiger partial charge is 0.262 e. The van der Waals surface area contributed by atoms with Crippen LogP contribution in [0.4, 0.5) is 15.9 Å². The molecule has 0 aliphatic carbocycles. The number of amidine groups is 1. The number of amides is 4. The van der Waals surface area contributed by atoms with Crippen LogP contribution in [0, 0.1) is 11.2 Å². The number of piperidine rings is 1. The molecular weight excluding hydrogens is 665 g/mol. The molecule has 0 saturated carbocycles. The molecule has 0 radical (unpaired) electrons. The maximum Gasteiger partial charge on any atom is 0.262 e. The Bertz CT molecular complexity index is 2150. The Kier molecular flexibility index (Phi) is 8.57. The fourth-order valence-corrected chi connectivity index (χ4v) is 7.55. The first-order chi connectivity index (χ1) is 25.2. The molecule has 13 nitrogen and oxygen atoms in total. The molecule has 0 bridgehead atoms. The lowest BCUT2D eigenvalue weighted by molar-refractivity contribution is -0.136. The average molecular weight is 702 g/mol. The second-order valence-electron chi connectivity index (χ2n) is 13.5. The third kappa shape index (κ3) is 6.31. The summed E-state index contributed by atoms with van der Waals surface area (Å²) < 4.78 is 13.9. The molecule has 3 fully saturated rings. The predicted molar refractivity (Wildman–Crippen MR) is 191 cm³/mol. The number of carbonyl (C=O) groups excluding carboxylic acids is 4. The Labute approximate surface area is 298 Å². The summed E-state index contributed by atoms with van der Waals surface area (Å²) in [6.45, 7) is 2.15. The number of imide groups is 2. The van der Waals surface area contributed by atoms with Gasteiger partial charge in [-0.2, -0.15) is 0 Å². The first kappa shape index (κ1) is 33.0. The number of rotatable bonds is 8. The zero-order valence-electron chi connectivity index (χ0n) is 28.1. The fraction of sp³-hybridized carbons (Fsp3) is 0.289. The van der Waals surface area contributed by atoms with Crippen LogP contribution in [0.25, 0.3) is 17.5 Å². The highest BCUT2D eigenvalue weighted by Gasteiger charge is 2.44. The highest BCUT2D eigenvalue weighted by molar-refractivity contribution is 6.23. The molecule has 8 rings (SSSR count). The van der Waals surface area contributed by atoms with Gasteiger partial charge in [0.05, 0.1) is 34.8 Å². The molecule has 4 amide bonds. The minimum atomic E-state index is -1.00. The van der Waals surface area contributed by atoms with Gasteiger partial charge < -0.3 is 20.1 Å². The summed E-state index contributed by atoms with van der Waals surface area (Å²) >= 11 is 0. The number of hydrogen-bond acceptors (Lipinski definition) is 9. The van der Waals surface area contributed by atoms with E-state index in [0.29, 0.717) is 23.9 Å². The molecule has 14 heteroatoms. The van der Waals surface area contributed by atoms with Crippen LogP contribution in [0.1, 0.15) is 70.2 Å². The summed E-state index contributed by atoms with van der Waals surface area (Å²) in [7, 11) is 0. The molecular formula is C38H36FN9O4. The van der Waals surface area contributed by atoms with Gasteiger partial charge in [0.25, 0.3) is 11.8 Å². The van der Waals surface area contributed by atoms with E-state index >= 15 is 0 Å². The molecule has 3 saturated heterocycles. The number of benzene rings is 2. The topological polar surface area (TPSA) is 167 Å². The number of halogens is 1. The van der Waals surface area contributed by atoms with E-state index in [0.717, 1.165) is 60.0 Å². The summed E-state index contributed by atoms with van der Waals surface area (Å²) in [5, 5.41) is 14.4. The van der Waals surface area contributed by atoms with Crippen LogP contribution in [-0.4, -0.2) is 85.9 Å². The predicted octanol–water partition coefficient (Wildman–Crippen LogP) is 4.53. The van der Waals surface area contributed by atoms with Crippen molar-refractivity contribution in [2.45, 2.75) is 50.2 Å². The van der Waals surface area contributed by atoms with E-state index in [1.165, 1.54) is 6.07 Å². The van der Waals surface area contributed by atoms with E-state index in [-0.39, 0.29) is 41.9 Å². The third-order valence-electron chi connectivity index (χ3n) is 10.1. The van der Waals surface area contributed by atoms with Crippen LogP contribution in [0.2, 0.25) is 0 Å². The van der Waals surface area contributed by atoms with Crippen molar-refractivity contribution in [2.75, 3.05) is 29.9 Å². The van der Waals surface area contributed by atoms with Crippen molar-refractivity contribution >= 4 is 47.0 Å². The van der Waals surface area contributed by atoms with Crippen molar-refractivity contribution in [2.24, 2.45) is 0 Å². The number of pyridine rings is 1. The highest BCUT2D eigenvalue weighted by atomic mass is 19.1. The second kappa shape index (κ2) is 13.5. The number of nitrogens with zero attached hydrogens (tertiary/aromatic N) is 5. The SMILES string of the molecule is N=C(/C=C\c1ncc(-c2cccc(N3CCC(Nc4ccc5c(c4)C(=O)N(C4CCC(=O)NC4=O)C5=O)C3)n2)[nH]1)N1CCCC1c1cccc(F)c1. The molecule has 4 aromatic rings. The second-order valence-corrected chi connectivity index (χ2v) is 13.5. The van der Waals surface area contributed by atoms with Gasteiger partial charge in [-0.1, -0.05) is 18.2 Å². The molecule has 3 unspecified atom stereocenters. The number of likely N-dealkylation sites (tertiary alicyclic amines) is 1. The Morgan fingerprint density at radius 1 is 0.942 bits per heavy atom. The molecule has 3 atom stereocenters. The van der Waals surface area contributed by atoms with Crippen molar-refractivity contribution < 1.29 is 23.6 Å². The highest BCUT2D eigenvalue weighted by Crippen LogP contribution is 2.33. The van der Waals surface area contributed by atoms with Crippen LogP contribution < -0.4 is 15.5 Å². The first-order valence-electron chi connectivity index (χ1n) is 17.4. The van der Waals surface area contributed by atoms with E-state index in [4.69, 9.17) is 10.4 Å². The third-order valence-corrected chi connectivity index (χ3v) is 10.1. The van der Waals surface area contributed by atoms with E-state index in [9.17, 15) is 23.6 Å². The van der Waals surface area contributed by atoms with Gasteiger partial charge in [0.1, 0.15) is 29.3 Å². The van der Waals surface area contributed by atoms with Crippen molar-refractivity contribution in [1.82, 2.24) is 30.1 Å². The molecule has 6 heterocycles. The number of nitrogens with one attached hydrogen (secondary N) is 4. The zero-order valence-corrected chi connectivity index (χ0v) is 28.1. The van der Waals surface area contributed by atoms with Gasteiger partial charge in [0.15, 0.2) is 0 Å². The maximum atomic E-state index is 13.9. The lowest BCUT2D eigenvalue weighted by atomic mass is 10.0. The lowest BCUT2D eigenvalue weighted by Gasteiger charge is -2.27. The van der Waals surface area contributed by atoms with Crippen LogP contribution in [0.5, 0.6) is 0 Å². The van der Waals surface area contributed by atoms with Gasteiger partial charge in [0, 0.05) is 37.8 Å². The molecule has 0 spiro atoms. The fourth-order valence-electron chi connectivity index (χ4n) is 7.55. The molecule has 2 aromatic heterocycles. The van der Waals surface area contributed by atoms with Crippen molar-refractivity contribution in [1.29, 1.82) is 5.41 Å². The Balaban J connectivity index is 0.892. The molecule has 4 N–H and O–H groups in total. The van der Waals surface area contributed by atoms with Gasteiger partial charge in [0.2, 0.25) is 11.8 Å². The summed E-state index contributed by atoms with van der Waals surface area (Å²) in [5.74, 6) is -0.645. The van der Waals surface area contributed by atoms with Gasteiger partial charge in [-0.05, 0) is 85.9 Å². The Hall–Kier alpha value is -6.18. The molecule has 52 heavy (non-hydrogen) atoms. The van der Waals surface area contributed by atoms with E-state index in [1.54, 1.807) is 48.7 Å². The quantitative estimate of drug-likeness (QED) is 0.117. The van der Waals surface area contributed by atoms with E-state index in [1.807, 2.05) is 29.2 Å². The average Bonchev–Trinajstić information content (AvgIpc) is 3.96. The van der Waals surface area contributed by atoms with Crippen molar-refractivity contribution in [3.05, 3.63) is 101 Å². The van der Waals surface area contributed by atoms with E-state index < -0.39 is 29.7 Å². The summed E-state index contributed by atoms with van der Waals surface area (Å²) in [6, 6.07) is 16.4. The number of aromatic nitrogens is 3. The summed E-state index contributed by atoms with van der Waals surface area (Å²) in [6.07, 6.45) is 7.99. The van der Waals surface area contributed by atoms with Gasteiger partial charge in [-0.3, -0.25) is 34.8 Å². The standard InChI is InChI=1S/C38H36FN9O4/c39-23-5-1-4-22(18-23)30-7-3-16-47(30)32(40)12-13-33-41-20-29(43-33)28-6-2-8-34(44-28)46-17-15-25(21-46)42-24-9-10-26-27(19-24)38(52)48(37(26)51)31-11-14-35(49)45-36(31)50/h1-2,4-6,8-10,12-13,18-20,25,30-31,40,42H,3,7,11,14-17,21H2,(H,41,43)(H,45,49,50)/b13-12-,40-32?. The number of H-pyrrole nitrogens is 1. The van der Waals surface area contributed by atoms with Gasteiger partial charge in [-0.15, -0.1) is 0 Å². The minimum Gasteiger partial charge on any atom is -0.380 e. The normalized spacial score (nSPS) is 21.7. The zero-order chi connectivity index (χ0) is 35.9. The van der Waals surface area contributed by atoms with Crippen molar-refractivity contribution in [3.63, 3.8) is 0 Å². The number of hydrogen-bond donors (Lipinski definition) is 4. The number of aromatic amines is 1. The number of imidazole rings is 1. The van der Waals surface area contributed by atoms with E-state index in [2.05, 4.69) is 25.5 Å². The molecule has 264 valence electrons. The van der Waals surface area contributed by atoms with Gasteiger partial charge >= 0.3 is 0 Å². The maximum absolute atomic E-state index is 13.9. The lowest BCUT2D eigenvalue weighted by Crippen LogP contribution is -2.54. The van der Waals surface area contributed by atoms with Crippen LogP contribution in [0.3, 0.4) is 0 Å². The van der Waals surface area contributed by atoms with Crippen LogP contribution >= 0.6 is 0 Å². The Morgan fingerprint density at radius 2 is 1.79 bits per heavy atom. The molecule has 4 aliphatic heterocycles. The monoisotopic (exact) mass is 701 g/mol. The summed E-state index contributed by atoms with van der Waals surface area (Å²) in [4.78, 5) is 68.1. The van der Waals surface area contributed by atoms with Crippen LogP contribution in [0.15, 0.2) is 72.9 Å². The Morgan fingerprint density at radius 3 is 2.63 bits per heavy atom. The van der Waals surface area contributed by atoms with Crippen molar-refractivity contribution in [3.8, 4) is 11.4 Å². The summed E-state index contributed by atoms with van der Waals surface area (Å²) in [5.41, 5.74) is 3.51. The number of fused-ring (bicyclic) bond motifs is 1. The number of carbonyl (C=O) groups is 4. The molecule has 2 aromatic carbocycles. The van der Waals surface area contributed by atoms with Gasteiger partial charge in [-0.25, -0.2) is 14.4 Å². The van der Waals surface area contributed by atoms with Crippen LogP contribution in [-0.2, 0) is 9.59 Å². The number of anilines is 2. The first-order valence-corrected chi connectivity index (χ1v) is 17.4. The largest absolute Gasteiger partial charge is 0.380 e. The minimum absolute atomic E-state index is 0.0339. The molecule has 4 aliphatic rings.